The third-order valence-electron chi connectivity index (χ3n) is 2.87. The highest BCUT2D eigenvalue weighted by Gasteiger charge is 2.27. The molecule has 92 valence electrons. The normalized spacial score (nSPS) is 14.4. The van der Waals surface area contributed by atoms with Crippen LogP contribution in [0.2, 0.25) is 0 Å². The van der Waals surface area contributed by atoms with E-state index in [1.807, 2.05) is 0 Å². The molecule has 2 amide bonds. The molecule has 0 saturated heterocycles. The van der Waals surface area contributed by atoms with Crippen LogP contribution < -0.4 is 5.32 Å². The Morgan fingerprint density at radius 2 is 1.89 bits per heavy atom. The predicted molar refractivity (Wildman–Crippen MR) is 63.7 cm³/mol. The molecular weight excluding hydrogens is 236 g/mol. The molecule has 0 saturated carbocycles. The largest absolute Gasteiger partial charge is 0.289 e. The van der Waals surface area contributed by atoms with E-state index in [2.05, 4.69) is 5.32 Å². The SMILES string of the molecule is Cc1ccc([N+](=O)[O-])c(C)c1C1=CC(=O)NC1=O. The number of aryl methyl sites for hydroxylation is 1. The smallest absolute Gasteiger partial charge is 0.272 e. The van der Waals surface area contributed by atoms with Crippen LogP contribution in [0.25, 0.3) is 5.57 Å². The number of nitrogens with one attached hydrogen (secondary N) is 1. The predicted octanol–water partition coefficient (Wildman–Crippen LogP) is 1.25. The number of hydrogen-bond acceptors (Lipinski definition) is 4. The summed E-state index contributed by atoms with van der Waals surface area (Å²) in [6.07, 6.45) is 1.17. The minimum absolute atomic E-state index is 0.0661. The van der Waals surface area contributed by atoms with E-state index < -0.39 is 16.7 Å². The molecule has 0 unspecified atom stereocenters. The molecule has 1 aromatic rings. The van der Waals surface area contributed by atoms with Crippen LogP contribution in [0.3, 0.4) is 0 Å². The highest BCUT2D eigenvalue weighted by molar-refractivity contribution is 6.34. The van der Waals surface area contributed by atoms with E-state index in [1.165, 1.54) is 12.1 Å². The molecule has 0 fully saturated rings. The molecule has 0 spiro atoms. The van der Waals surface area contributed by atoms with E-state index in [0.717, 1.165) is 0 Å². The standard InChI is InChI=1S/C12H10N2O4/c1-6-3-4-9(14(17)18)7(2)11(6)8-5-10(15)13-12(8)16/h3-5H,1-2H3,(H,13,15,16). The van der Waals surface area contributed by atoms with E-state index in [9.17, 15) is 19.7 Å². The van der Waals surface area contributed by atoms with Gasteiger partial charge in [0.05, 0.1) is 10.5 Å². The van der Waals surface area contributed by atoms with Gasteiger partial charge in [-0.15, -0.1) is 0 Å². The molecule has 0 aliphatic carbocycles. The minimum atomic E-state index is -0.522. The first-order valence-electron chi connectivity index (χ1n) is 5.24. The Morgan fingerprint density at radius 3 is 2.39 bits per heavy atom. The van der Waals surface area contributed by atoms with Crippen LogP contribution in [0.15, 0.2) is 18.2 Å². The molecule has 6 nitrogen and oxygen atoms in total. The number of nitro groups is 1. The van der Waals surface area contributed by atoms with Crippen molar-refractivity contribution >= 4 is 23.1 Å². The lowest BCUT2D eigenvalue weighted by Gasteiger charge is -2.09. The number of nitro benzene ring substituents is 1. The van der Waals surface area contributed by atoms with Gasteiger partial charge in [0.1, 0.15) is 0 Å². The number of amides is 2. The topological polar surface area (TPSA) is 89.3 Å². The van der Waals surface area contributed by atoms with Crippen LogP contribution in [-0.4, -0.2) is 16.7 Å². The summed E-state index contributed by atoms with van der Waals surface area (Å²) in [4.78, 5) is 33.1. The maximum atomic E-state index is 11.6. The summed E-state index contributed by atoms with van der Waals surface area (Å²) >= 11 is 0. The fourth-order valence-electron chi connectivity index (χ4n) is 2.05. The zero-order valence-corrected chi connectivity index (χ0v) is 9.81. The highest BCUT2D eigenvalue weighted by atomic mass is 16.6. The minimum Gasteiger partial charge on any atom is -0.289 e. The van der Waals surface area contributed by atoms with Crippen LogP contribution in [0.5, 0.6) is 0 Å². The molecule has 1 aromatic carbocycles. The van der Waals surface area contributed by atoms with E-state index in [0.29, 0.717) is 16.7 Å². The molecule has 2 rings (SSSR count). The summed E-state index contributed by atoms with van der Waals surface area (Å²) in [5.41, 5.74) is 1.67. The molecule has 0 radical (unpaired) electrons. The van der Waals surface area contributed by atoms with Crippen molar-refractivity contribution in [2.45, 2.75) is 13.8 Å². The summed E-state index contributed by atoms with van der Waals surface area (Å²) in [7, 11) is 0. The number of imide groups is 1. The molecule has 0 aromatic heterocycles. The Morgan fingerprint density at radius 1 is 1.22 bits per heavy atom. The average molecular weight is 246 g/mol. The Labute approximate surface area is 102 Å². The first-order chi connectivity index (χ1) is 8.41. The van der Waals surface area contributed by atoms with Crippen LogP contribution in [0.4, 0.5) is 5.69 Å². The Hall–Kier alpha value is -2.50. The van der Waals surface area contributed by atoms with Crippen LogP contribution in [0, 0.1) is 24.0 Å². The molecule has 0 atom stereocenters. The maximum absolute atomic E-state index is 11.6. The van der Waals surface area contributed by atoms with Crippen molar-refractivity contribution in [2.24, 2.45) is 0 Å². The van der Waals surface area contributed by atoms with Gasteiger partial charge in [-0.2, -0.15) is 0 Å². The first-order valence-corrected chi connectivity index (χ1v) is 5.24. The van der Waals surface area contributed by atoms with Crippen molar-refractivity contribution < 1.29 is 14.5 Å². The molecule has 6 heteroatoms. The monoisotopic (exact) mass is 246 g/mol. The lowest BCUT2D eigenvalue weighted by molar-refractivity contribution is -0.385. The molecule has 1 heterocycles. The fourth-order valence-corrected chi connectivity index (χ4v) is 2.05. The van der Waals surface area contributed by atoms with Gasteiger partial charge in [0.15, 0.2) is 0 Å². The number of carbonyl (C=O) groups excluding carboxylic acids is 2. The van der Waals surface area contributed by atoms with Crippen LogP contribution >= 0.6 is 0 Å². The summed E-state index contributed by atoms with van der Waals surface area (Å²) < 4.78 is 0. The third-order valence-corrected chi connectivity index (χ3v) is 2.87. The van der Waals surface area contributed by atoms with Crippen molar-refractivity contribution in [3.8, 4) is 0 Å². The van der Waals surface area contributed by atoms with Gasteiger partial charge in [0.25, 0.3) is 17.5 Å². The Kier molecular flexibility index (Phi) is 2.70. The summed E-state index contributed by atoms with van der Waals surface area (Å²) in [5.74, 6) is -1.02. The van der Waals surface area contributed by atoms with Crippen molar-refractivity contribution in [1.82, 2.24) is 5.32 Å². The van der Waals surface area contributed by atoms with Gasteiger partial charge in [-0.1, -0.05) is 6.07 Å². The fraction of sp³-hybridized carbons (Fsp3) is 0.167. The Balaban J connectivity index is 2.68. The van der Waals surface area contributed by atoms with Gasteiger partial charge < -0.3 is 0 Å². The van der Waals surface area contributed by atoms with Gasteiger partial charge >= 0.3 is 0 Å². The second-order valence-corrected chi connectivity index (χ2v) is 4.04. The lowest BCUT2D eigenvalue weighted by Crippen LogP contribution is -2.22. The van der Waals surface area contributed by atoms with E-state index in [4.69, 9.17) is 0 Å². The third kappa shape index (κ3) is 1.77. The number of carbonyl (C=O) groups is 2. The molecule has 1 aliphatic heterocycles. The van der Waals surface area contributed by atoms with E-state index in [1.54, 1.807) is 19.9 Å². The number of rotatable bonds is 2. The summed E-state index contributed by atoms with van der Waals surface area (Å²) in [6, 6.07) is 2.96. The average Bonchev–Trinajstić information content (AvgIpc) is 2.57. The van der Waals surface area contributed by atoms with E-state index >= 15 is 0 Å². The van der Waals surface area contributed by atoms with Gasteiger partial charge in [-0.05, 0) is 19.4 Å². The first kappa shape index (κ1) is 12.0. The van der Waals surface area contributed by atoms with Gasteiger partial charge in [-0.25, -0.2) is 0 Å². The maximum Gasteiger partial charge on any atom is 0.272 e. The van der Waals surface area contributed by atoms with Crippen LogP contribution in [-0.2, 0) is 9.59 Å². The van der Waals surface area contributed by atoms with Crippen molar-refractivity contribution in [3.63, 3.8) is 0 Å². The lowest BCUT2D eigenvalue weighted by atomic mass is 9.94. The summed E-state index contributed by atoms with van der Waals surface area (Å²) in [6.45, 7) is 3.31. The number of hydrogen-bond donors (Lipinski definition) is 1. The molecule has 1 aliphatic rings. The van der Waals surface area contributed by atoms with Gasteiger partial charge in [-0.3, -0.25) is 25.0 Å². The van der Waals surface area contributed by atoms with Crippen molar-refractivity contribution in [3.05, 3.63) is 45.0 Å². The molecule has 1 N–H and O–H groups in total. The zero-order chi connectivity index (χ0) is 13.4. The highest BCUT2D eigenvalue weighted by Crippen LogP contribution is 2.31. The van der Waals surface area contributed by atoms with Crippen molar-refractivity contribution in [1.29, 1.82) is 0 Å². The van der Waals surface area contributed by atoms with Gasteiger partial charge in [0, 0.05) is 23.3 Å². The molecular formula is C12H10N2O4. The molecule has 0 bridgehead atoms. The van der Waals surface area contributed by atoms with Crippen molar-refractivity contribution in [2.75, 3.05) is 0 Å². The quantitative estimate of drug-likeness (QED) is 0.483. The Bertz CT molecular complexity index is 617. The van der Waals surface area contributed by atoms with E-state index in [-0.39, 0.29) is 11.3 Å². The summed E-state index contributed by atoms with van der Waals surface area (Å²) in [5, 5.41) is 13.0. The zero-order valence-electron chi connectivity index (χ0n) is 9.81. The second-order valence-electron chi connectivity index (χ2n) is 4.04. The van der Waals surface area contributed by atoms with Crippen LogP contribution in [0.1, 0.15) is 16.7 Å². The van der Waals surface area contributed by atoms with Gasteiger partial charge in [0.2, 0.25) is 0 Å². The number of benzene rings is 1. The number of nitrogens with zero attached hydrogens (tertiary/aromatic N) is 1. The molecule has 18 heavy (non-hydrogen) atoms. The second kappa shape index (κ2) is 4.06.